The van der Waals surface area contributed by atoms with Gasteiger partial charge in [0.1, 0.15) is 5.78 Å². The molecule has 0 unspecified atom stereocenters. The number of aromatic nitrogens is 1. The highest BCUT2D eigenvalue weighted by molar-refractivity contribution is 8.01. The van der Waals surface area contributed by atoms with E-state index in [0.717, 1.165) is 0 Å². The van der Waals surface area contributed by atoms with E-state index in [9.17, 15) is 27.9 Å². The monoisotopic (exact) mass is 437 g/mol. The first-order chi connectivity index (χ1) is 13.2. The van der Waals surface area contributed by atoms with Crippen LogP contribution < -0.4 is 0 Å². The van der Waals surface area contributed by atoms with Crippen LogP contribution in [-0.4, -0.2) is 45.0 Å². The number of halogens is 3. The van der Waals surface area contributed by atoms with E-state index in [-0.39, 0.29) is 36.2 Å². The number of aliphatic hydroxyl groups is 1. The minimum atomic E-state index is -4.27. The first-order valence-electron chi connectivity index (χ1n) is 8.91. The number of aliphatic hydroxyl groups excluding tert-OH is 1. The molecule has 0 bridgehead atoms. The summed E-state index contributed by atoms with van der Waals surface area (Å²) >= 11 is 2.66. The Hall–Kier alpha value is -1.39. The fourth-order valence-electron chi connectivity index (χ4n) is 3.09. The van der Waals surface area contributed by atoms with Gasteiger partial charge in [-0.1, -0.05) is 23.9 Å². The third-order valence-electron chi connectivity index (χ3n) is 4.56. The molecule has 10 heteroatoms. The van der Waals surface area contributed by atoms with Crippen molar-refractivity contribution in [2.24, 2.45) is 11.8 Å². The number of carbonyl (C=O) groups is 2. The smallest absolute Gasteiger partial charge is 0.389 e. The number of aromatic carboxylic acids is 1. The molecule has 1 aliphatic rings. The summed E-state index contributed by atoms with van der Waals surface area (Å²) in [6.07, 6.45) is -1.21. The van der Waals surface area contributed by atoms with Gasteiger partial charge in [-0.2, -0.15) is 13.2 Å². The highest BCUT2D eigenvalue weighted by Gasteiger charge is 2.32. The van der Waals surface area contributed by atoms with E-state index in [1.807, 2.05) is 6.08 Å². The molecule has 1 aromatic heterocycles. The van der Waals surface area contributed by atoms with Crippen LogP contribution in [0.15, 0.2) is 21.9 Å². The maximum atomic E-state index is 12.2. The Morgan fingerprint density at radius 3 is 2.86 bits per heavy atom. The molecule has 0 spiro atoms. The van der Waals surface area contributed by atoms with Crippen LogP contribution >= 0.6 is 23.1 Å². The maximum Gasteiger partial charge on any atom is 0.389 e. The van der Waals surface area contributed by atoms with Crippen molar-refractivity contribution in [1.82, 2.24) is 4.98 Å². The zero-order valence-electron chi connectivity index (χ0n) is 15.0. The summed E-state index contributed by atoms with van der Waals surface area (Å²) in [5.41, 5.74) is 0.00864. The second-order valence-electron chi connectivity index (χ2n) is 6.69. The Bertz CT molecular complexity index is 705. The first kappa shape index (κ1) is 22.9. The highest BCUT2D eigenvalue weighted by atomic mass is 32.2. The zero-order chi connectivity index (χ0) is 20.7. The van der Waals surface area contributed by atoms with Gasteiger partial charge < -0.3 is 10.2 Å². The van der Waals surface area contributed by atoms with Crippen molar-refractivity contribution < 1.29 is 33.0 Å². The van der Waals surface area contributed by atoms with Crippen LogP contribution in [0.2, 0.25) is 0 Å². The standard InChI is InChI=1S/C18H22F3NO4S2/c19-18(20,21)8-6-12(23)3-1-2-11-4-5-15(24)13(11)7-9-27-17-22-14(10-28-17)16(25)26/h1-2,10-13,23H,3-9H2,(H,25,26)/b2-1+/t11-,12+,13+/m0/s1. The molecule has 2 N–H and O–H groups in total. The predicted octanol–water partition coefficient (Wildman–Crippen LogP) is 4.57. The Labute approximate surface area is 169 Å². The van der Waals surface area contributed by atoms with Crippen molar-refractivity contribution in [2.75, 3.05) is 5.75 Å². The molecular weight excluding hydrogens is 415 g/mol. The molecule has 1 aliphatic carbocycles. The van der Waals surface area contributed by atoms with Crippen LogP contribution in [-0.2, 0) is 4.79 Å². The second-order valence-corrected chi connectivity index (χ2v) is 8.89. The van der Waals surface area contributed by atoms with Crippen LogP contribution in [0.3, 0.4) is 0 Å². The Balaban J connectivity index is 1.77. The van der Waals surface area contributed by atoms with Crippen LogP contribution in [0.1, 0.15) is 49.0 Å². The minimum absolute atomic E-state index is 0.00864. The number of ketones is 1. The molecule has 2 rings (SSSR count). The van der Waals surface area contributed by atoms with Crippen molar-refractivity contribution in [3.8, 4) is 0 Å². The molecule has 0 amide bonds. The molecule has 1 heterocycles. The lowest BCUT2D eigenvalue weighted by molar-refractivity contribution is -0.139. The third kappa shape index (κ3) is 7.56. The topological polar surface area (TPSA) is 87.5 Å². The predicted molar refractivity (Wildman–Crippen MR) is 101 cm³/mol. The molecule has 0 aromatic carbocycles. The lowest BCUT2D eigenvalue weighted by atomic mass is 9.92. The van der Waals surface area contributed by atoms with Gasteiger partial charge >= 0.3 is 12.1 Å². The number of hydrogen-bond acceptors (Lipinski definition) is 6. The van der Waals surface area contributed by atoms with Crippen molar-refractivity contribution in [3.05, 3.63) is 23.2 Å². The van der Waals surface area contributed by atoms with Crippen LogP contribution in [0.5, 0.6) is 0 Å². The average molecular weight is 438 g/mol. The largest absolute Gasteiger partial charge is 0.476 e. The number of carboxylic acids is 1. The zero-order valence-corrected chi connectivity index (χ0v) is 16.7. The summed E-state index contributed by atoms with van der Waals surface area (Å²) < 4.78 is 37.1. The maximum absolute atomic E-state index is 12.2. The molecule has 0 aliphatic heterocycles. The van der Waals surface area contributed by atoms with Crippen molar-refractivity contribution >= 4 is 34.9 Å². The number of thioether (sulfide) groups is 1. The van der Waals surface area contributed by atoms with Crippen molar-refractivity contribution in [3.63, 3.8) is 0 Å². The normalized spacial score (nSPS) is 21.5. The first-order valence-corrected chi connectivity index (χ1v) is 10.8. The van der Waals surface area contributed by atoms with E-state index in [1.165, 1.54) is 28.5 Å². The van der Waals surface area contributed by atoms with Gasteiger partial charge in [0.05, 0.1) is 6.10 Å². The molecule has 0 saturated heterocycles. The number of carbonyl (C=O) groups excluding carboxylic acids is 1. The van der Waals surface area contributed by atoms with Gasteiger partial charge in [-0.15, -0.1) is 11.3 Å². The fraction of sp³-hybridized carbons (Fsp3) is 0.611. The third-order valence-corrected chi connectivity index (χ3v) is 6.62. The molecule has 1 fully saturated rings. The Morgan fingerprint density at radius 1 is 1.46 bits per heavy atom. The summed E-state index contributed by atoms with van der Waals surface area (Å²) in [7, 11) is 0. The lowest BCUT2D eigenvalue weighted by Gasteiger charge is -2.15. The van der Waals surface area contributed by atoms with E-state index in [1.54, 1.807) is 6.08 Å². The quantitative estimate of drug-likeness (QED) is 0.412. The number of thiazole rings is 1. The Kier molecular flexibility index (Phi) is 8.51. The van der Waals surface area contributed by atoms with Gasteiger partial charge in [0, 0.05) is 29.9 Å². The number of rotatable bonds is 10. The van der Waals surface area contributed by atoms with Gasteiger partial charge in [-0.3, -0.25) is 4.79 Å². The van der Waals surface area contributed by atoms with E-state index >= 15 is 0 Å². The van der Waals surface area contributed by atoms with Crippen molar-refractivity contribution in [1.29, 1.82) is 0 Å². The molecule has 1 aromatic rings. The highest BCUT2D eigenvalue weighted by Crippen LogP contribution is 2.35. The molecular formula is C18H22F3NO4S2. The van der Waals surface area contributed by atoms with Gasteiger partial charge in [0.15, 0.2) is 10.0 Å². The number of Topliss-reactive ketones (excluding diaryl/α,β-unsaturated/α-hetero) is 1. The molecule has 28 heavy (non-hydrogen) atoms. The van der Waals surface area contributed by atoms with E-state index in [2.05, 4.69) is 4.98 Å². The van der Waals surface area contributed by atoms with Gasteiger partial charge in [-0.25, -0.2) is 9.78 Å². The number of alkyl halides is 3. The summed E-state index contributed by atoms with van der Waals surface area (Å²) in [4.78, 5) is 26.9. The van der Waals surface area contributed by atoms with Crippen molar-refractivity contribution in [2.45, 2.75) is 55.1 Å². The number of allylic oxidation sites excluding steroid dienone is 1. The van der Waals surface area contributed by atoms with Gasteiger partial charge in [-0.05, 0) is 31.6 Å². The number of nitrogens with zero attached hydrogens (tertiary/aromatic N) is 1. The average Bonchev–Trinajstić information content (AvgIpc) is 3.21. The molecule has 0 radical (unpaired) electrons. The SMILES string of the molecule is O=C(O)c1csc(SCC[C@H]2C(=O)CC[C@@H]2/C=C/C[C@@H](O)CCC(F)(F)F)n1. The minimum Gasteiger partial charge on any atom is -0.476 e. The number of carboxylic acid groups (broad SMARTS) is 1. The summed E-state index contributed by atoms with van der Waals surface area (Å²) in [6, 6.07) is 0. The van der Waals surface area contributed by atoms with E-state index in [0.29, 0.717) is 29.4 Å². The molecule has 3 atom stereocenters. The fourth-order valence-corrected chi connectivity index (χ4v) is 4.99. The molecule has 5 nitrogen and oxygen atoms in total. The van der Waals surface area contributed by atoms with E-state index in [4.69, 9.17) is 5.11 Å². The van der Waals surface area contributed by atoms with Gasteiger partial charge in [0.25, 0.3) is 0 Å². The van der Waals surface area contributed by atoms with E-state index < -0.39 is 24.7 Å². The lowest BCUT2D eigenvalue weighted by Crippen LogP contribution is -2.15. The van der Waals surface area contributed by atoms with Crippen LogP contribution in [0.4, 0.5) is 13.2 Å². The Morgan fingerprint density at radius 2 is 2.21 bits per heavy atom. The van der Waals surface area contributed by atoms with Crippen LogP contribution in [0.25, 0.3) is 0 Å². The second kappa shape index (κ2) is 10.4. The molecule has 156 valence electrons. The van der Waals surface area contributed by atoms with Gasteiger partial charge in [0.2, 0.25) is 0 Å². The summed E-state index contributed by atoms with van der Waals surface area (Å²) in [5.74, 6) is -0.416. The van der Waals surface area contributed by atoms with Crippen LogP contribution in [0, 0.1) is 11.8 Å². The molecule has 1 saturated carbocycles. The summed E-state index contributed by atoms with van der Waals surface area (Å²) in [6.45, 7) is 0. The summed E-state index contributed by atoms with van der Waals surface area (Å²) in [5, 5.41) is 20.0. The number of hydrogen-bond donors (Lipinski definition) is 2.